The van der Waals surface area contributed by atoms with Crippen LogP contribution in [0.15, 0.2) is 48.8 Å². The van der Waals surface area contributed by atoms with Crippen LogP contribution in [0.1, 0.15) is 18.4 Å². The van der Waals surface area contributed by atoms with Crippen LogP contribution in [-0.2, 0) is 11.3 Å². The molecule has 24 heavy (non-hydrogen) atoms. The largest absolute Gasteiger partial charge is 0.312 e. The lowest BCUT2D eigenvalue weighted by molar-refractivity contribution is -0.117. The van der Waals surface area contributed by atoms with Crippen molar-refractivity contribution in [1.82, 2.24) is 9.88 Å². The molecular weight excluding hydrogens is 305 g/mol. The Balaban J connectivity index is 1.47. The van der Waals surface area contributed by atoms with E-state index in [2.05, 4.69) is 16.0 Å². The van der Waals surface area contributed by atoms with Crippen molar-refractivity contribution in [1.29, 1.82) is 0 Å². The van der Waals surface area contributed by atoms with E-state index in [1.165, 1.54) is 17.7 Å². The Hall–Kier alpha value is -2.27. The standard InChI is InChI=1S/C19H20FN3O/c20-16-4-1-5-17(9-16)23-14-19(10-18(23)24)6-8-22(13-19)12-15-3-2-7-21-11-15/h1-5,7,9,11H,6,8,10,12-14H2/t19-/m0/s1. The van der Waals surface area contributed by atoms with E-state index >= 15 is 0 Å². The molecule has 4 nitrogen and oxygen atoms in total. The fourth-order valence-corrected chi connectivity index (χ4v) is 3.96. The van der Waals surface area contributed by atoms with Crippen molar-refractivity contribution in [3.05, 3.63) is 60.2 Å². The van der Waals surface area contributed by atoms with E-state index in [1.54, 1.807) is 17.2 Å². The molecule has 1 aromatic carbocycles. The minimum absolute atomic E-state index is 0.00832. The lowest BCUT2D eigenvalue weighted by Crippen LogP contribution is -2.31. The van der Waals surface area contributed by atoms with Crippen molar-refractivity contribution in [2.75, 3.05) is 24.5 Å². The zero-order valence-corrected chi connectivity index (χ0v) is 13.5. The summed E-state index contributed by atoms with van der Waals surface area (Å²) >= 11 is 0. The van der Waals surface area contributed by atoms with E-state index in [-0.39, 0.29) is 17.1 Å². The summed E-state index contributed by atoms with van der Waals surface area (Å²) in [5.74, 6) is -0.199. The first-order valence-corrected chi connectivity index (χ1v) is 8.31. The number of carbonyl (C=O) groups excluding carboxylic acids is 1. The summed E-state index contributed by atoms with van der Waals surface area (Å²) in [5, 5.41) is 0. The van der Waals surface area contributed by atoms with Gasteiger partial charge < -0.3 is 4.90 Å². The van der Waals surface area contributed by atoms with Crippen molar-refractivity contribution >= 4 is 11.6 Å². The van der Waals surface area contributed by atoms with Crippen LogP contribution in [0.2, 0.25) is 0 Å². The summed E-state index contributed by atoms with van der Waals surface area (Å²) in [7, 11) is 0. The highest BCUT2D eigenvalue weighted by Gasteiger charge is 2.47. The number of carbonyl (C=O) groups is 1. The fourth-order valence-electron chi connectivity index (χ4n) is 3.96. The summed E-state index contributed by atoms with van der Waals surface area (Å²) in [6.45, 7) is 3.43. The van der Waals surface area contributed by atoms with Crippen LogP contribution in [0.25, 0.3) is 0 Å². The molecule has 0 radical (unpaired) electrons. The summed E-state index contributed by atoms with van der Waals surface area (Å²) in [6.07, 6.45) is 5.23. The Morgan fingerprint density at radius 1 is 1.21 bits per heavy atom. The maximum absolute atomic E-state index is 13.5. The Morgan fingerprint density at radius 3 is 2.92 bits per heavy atom. The quantitative estimate of drug-likeness (QED) is 0.871. The first-order chi connectivity index (χ1) is 11.6. The Kier molecular flexibility index (Phi) is 3.81. The van der Waals surface area contributed by atoms with Crippen LogP contribution in [0, 0.1) is 11.2 Å². The number of amides is 1. The fraction of sp³-hybridized carbons (Fsp3) is 0.368. The van der Waals surface area contributed by atoms with E-state index < -0.39 is 0 Å². The van der Waals surface area contributed by atoms with Gasteiger partial charge in [0.1, 0.15) is 5.82 Å². The van der Waals surface area contributed by atoms with Crippen LogP contribution >= 0.6 is 0 Å². The minimum Gasteiger partial charge on any atom is -0.312 e. The number of hydrogen-bond donors (Lipinski definition) is 0. The normalized spacial score (nSPS) is 24.2. The Morgan fingerprint density at radius 2 is 2.12 bits per heavy atom. The number of hydrogen-bond acceptors (Lipinski definition) is 3. The average molecular weight is 325 g/mol. The second-order valence-corrected chi connectivity index (χ2v) is 6.96. The number of anilines is 1. The number of pyridine rings is 1. The molecule has 0 unspecified atom stereocenters. The molecule has 0 N–H and O–H groups in total. The van der Waals surface area contributed by atoms with E-state index in [1.807, 2.05) is 18.3 Å². The van der Waals surface area contributed by atoms with Crippen molar-refractivity contribution < 1.29 is 9.18 Å². The second kappa shape index (κ2) is 5.98. The van der Waals surface area contributed by atoms with Gasteiger partial charge in [-0.3, -0.25) is 14.7 Å². The zero-order chi connectivity index (χ0) is 16.6. The minimum atomic E-state index is -0.300. The van der Waals surface area contributed by atoms with Gasteiger partial charge in [-0.05, 0) is 42.8 Å². The average Bonchev–Trinajstić information content (AvgIpc) is 3.11. The molecule has 3 heterocycles. The molecule has 2 aromatic rings. The molecule has 1 amide bonds. The molecule has 4 rings (SSSR count). The summed E-state index contributed by atoms with van der Waals surface area (Å²) < 4.78 is 13.5. The summed E-state index contributed by atoms with van der Waals surface area (Å²) in [6, 6.07) is 10.3. The third-order valence-corrected chi connectivity index (χ3v) is 5.09. The molecular formula is C19H20FN3O. The van der Waals surface area contributed by atoms with Crippen molar-refractivity contribution in [2.45, 2.75) is 19.4 Å². The molecule has 2 saturated heterocycles. The number of halogens is 1. The molecule has 1 atom stereocenters. The van der Waals surface area contributed by atoms with Gasteiger partial charge in [0.25, 0.3) is 0 Å². The van der Waals surface area contributed by atoms with Crippen molar-refractivity contribution in [2.24, 2.45) is 5.41 Å². The number of rotatable bonds is 3. The van der Waals surface area contributed by atoms with Gasteiger partial charge in [-0.15, -0.1) is 0 Å². The first kappa shape index (κ1) is 15.3. The molecule has 0 bridgehead atoms. The van der Waals surface area contributed by atoms with E-state index in [4.69, 9.17) is 0 Å². The molecule has 2 aliphatic heterocycles. The van der Waals surface area contributed by atoms with Crippen molar-refractivity contribution in [3.63, 3.8) is 0 Å². The van der Waals surface area contributed by atoms with Gasteiger partial charge in [-0.1, -0.05) is 12.1 Å². The number of nitrogens with zero attached hydrogens (tertiary/aromatic N) is 3. The third-order valence-electron chi connectivity index (χ3n) is 5.09. The topological polar surface area (TPSA) is 36.4 Å². The third kappa shape index (κ3) is 2.91. The molecule has 2 aliphatic rings. The predicted octanol–water partition coefficient (Wildman–Crippen LogP) is 2.85. The van der Waals surface area contributed by atoms with E-state index in [0.29, 0.717) is 18.7 Å². The lowest BCUT2D eigenvalue weighted by Gasteiger charge is -2.24. The number of aromatic nitrogens is 1. The van der Waals surface area contributed by atoms with Crippen LogP contribution in [-0.4, -0.2) is 35.4 Å². The Bertz CT molecular complexity index is 751. The summed E-state index contributed by atoms with van der Waals surface area (Å²) in [4.78, 5) is 20.8. The number of likely N-dealkylation sites (tertiary alicyclic amines) is 1. The van der Waals surface area contributed by atoms with Crippen LogP contribution in [0.3, 0.4) is 0 Å². The van der Waals surface area contributed by atoms with Crippen LogP contribution < -0.4 is 4.90 Å². The van der Waals surface area contributed by atoms with Gasteiger partial charge in [0.15, 0.2) is 0 Å². The molecule has 124 valence electrons. The van der Waals surface area contributed by atoms with Gasteiger partial charge in [0.2, 0.25) is 5.91 Å². The first-order valence-electron chi connectivity index (χ1n) is 8.31. The maximum Gasteiger partial charge on any atom is 0.227 e. The van der Waals surface area contributed by atoms with E-state index in [9.17, 15) is 9.18 Å². The highest BCUT2D eigenvalue weighted by molar-refractivity contribution is 5.96. The zero-order valence-electron chi connectivity index (χ0n) is 13.5. The predicted molar refractivity (Wildman–Crippen MR) is 89.9 cm³/mol. The van der Waals surface area contributed by atoms with Gasteiger partial charge in [-0.2, -0.15) is 0 Å². The summed E-state index contributed by atoms with van der Waals surface area (Å²) in [5.41, 5.74) is 1.86. The molecule has 5 heteroatoms. The monoisotopic (exact) mass is 325 g/mol. The molecule has 0 saturated carbocycles. The lowest BCUT2D eigenvalue weighted by atomic mass is 9.86. The van der Waals surface area contributed by atoms with Crippen LogP contribution in [0.5, 0.6) is 0 Å². The highest BCUT2D eigenvalue weighted by atomic mass is 19.1. The molecule has 1 spiro atoms. The smallest absolute Gasteiger partial charge is 0.227 e. The molecule has 1 aromatic heterocycles. The highest BCUT2D eigenvalue weighted by Crippen LogP contribution is 2.42. The Labute approximate surface area is 140 Å². The molecule has 0 aliphatic carbocycles. The van der Waals surface area contributed by atoms with Gasteiger partial charge in [0.05, 0.1) is 0 Å². The van der Waals surface area contributed by atoms with Crippen LogP contribution in [0.4, 0.5) is 10.1 Å². The maximum atomic E-state index is 13.5. The SMILES string of the molecule is O=C1C[C@]2(CCN(Cc3cccnc3)C2)CN1c1cccc(F)c1. The van der Waals surface area contributed by atoms with Gasteiger partial charge in [0, 0.05) is 49.6 Å². The van der Waals surface area contributed by atoms with Gasteiger partial charge in [-0.25, -0.2) is 4.39 Å². The van der Waals surface area contributed by atoms with Gasteiger partial charge >= 0.3 is 0 Å². The van der Waals surface area contributed by atoms with E-state index in [0.717, 1.165) is 26.1 Å². The second-order valence-electron chi connectivity index (χ2n) is 6.96. The number of benzene rings is 1. The van der Waals surface area contributed by atoms with Crippen molar-refractivity contribution in [3.8, 4) is 0 Å². The molecule has 2 fully saturated rings.